The van der Waals surface area contributed by atoms with Crippen molar-refractivity contribution in [3.05, 3.63) is 0 Å². The maximum absolute atomic E-state index is 12.1. The Morgan fingerprint density at radius 2 is 2.38 bits per heavy atom. The molecule has 0 aromatic rings. The summed E-state index contributed by atoms with van der Waals surface area (Å²) in [5.41, 5.74) is 0. The van der Waals surface area contributed by atoms with E-state index in [9.17, 15) is 4.79 Å². The molecule has 2 N–H and O–H groups in total. The van der Waals surface area contributed by atoms with Crippen LogP contribution >= 0.6 is 0 Å². The van der Waals surface area contributed by atoms with Gasteiger partial charge in [-0.3, -0.25) is 4.79 Å². The molecule has 1 heterocycles. The number of likely N-dealkylation sites (N-methyl/N-ethyl adjacent to an activating group) is 1. The highest BCUT2D eigenvalue weighted by atomic mass is 16.3. The van der Waals surface area contributed by atoms with Crippen LogP contribution in [0.1, 0.15) is 33.1 Å². The van der Waals surface area contributed by atoms with Crippen molar-refractivity contribution in [2.45, 2.75) is 39.2 Å². The Morgan fingerprint density at radius 1 is 1.62 bits per heavy atom. The van der Waals surface area contributed by atoms with Gasteiger partial charge in [0.05, 0.1) is 6.04 Å². The zero-order chi connectivity index (χ0) is 12.0. The predicted molar refractivity (Wildman–Crippen MR) is 64.1 cm³/mol. The Morgan fingerprint density at radius 3 is 3.00 bits per heavy atom. The van der Waals surface area contributed by atoms with Gasteiger partial charge in [-0.1, -0.05) is 13.8 Å². The quantitative estimate of drug-likeness (QED) is 0.700. The Balaban J connectivity index is 2.43. The maximum atomic E-state index is 12.1. The van der Waals surface area contributed by atoms with E-state index in [-0.39, 0.29) is 18.6 Å². The highest BCUT2D eigenvalue weighted by molar-refractivity contribution is 5.82. The lowest BCUT2D eigenvalue weighted by molar-refractivity contribution is -0.136. The molecule has 4 nitrogen and oxygen atoms in total. The Hall–Kier alpha value is -0.610. The van der Waals surface area contributed by atoms with E-state index < -0.39 is 0 Å². The third kappa shape index (κ3) is 3.76. The highest BCUT2D eigenvalue weighted by Gasteiger charge is 2.28. The SMILES string of the molecule is CCNC1CCCN(CC(C)CCO)C1=O. The van der Waals surface area contributed by atoms with Crippen molar-refractivity contribution < 1.29 is 9.90 Å². The van der Waals surface area contributed by atoms with E-state index in [1.54, 1.807) is 0 Å². The Bertz CT molecular complexity index is 219. The van der Waals surface area contributed by atoms with Gasteiger partial charge in [0, 0.05) is 19.7 Å². The summed E-state index contributed by atoms with van der Waals surface area (Å²) in [6.07, 6.45) is 2.81. The molecule has 0 spiro atoms. The van der Waals surface area contributed by atoms with Crippen LogP contribution in [0.5, 0.6) is 0 Å². The smallest absolute Gasteiger partial charge is 0.239 e. The average Bonchev–Trinajstić information content (AvgIpc) is 2.24. The van der Waals surface area contributed by atoms with Crippen molar-refractivity contribution in [3.8, 4) is 0 Å². The molecule has 2 unspecified atom stereocenters. The number of nitrogens with one attached hydrogen (secondary N) is 1. The summed E-state index contributed by atoms with van der Waals surface area (Å²) in [6.45, 7) is 6.81. The van der Waals surface area contributed by atoms with E-state index in [1.165, 1.54) is 0 Å². The minimum absolute atomic E-state index is 0.0140. The zero-order valence-electron chi connectivity index (χ0n) is 10.4. The molecule has 16 heavy (non-hydrogen) atoms. The number of piperidine rings is 1. The second kappa shape index (κ2) is 6.86. The minimum atomic E-state index is 0.0140. The number of carbonyl (C=O) groups is 1. The summed E-state index contributed by atoms with van der Waals surface area (Å²) < 4.78 is 0. The molecule has 1 aliphatic rings. The van der Waals surface area contributed by atoms with Gasteiger partial charge in [0.15, 0.2) is 0 Å². The fourth-order valence-corrected chi connectivity index (χ4v) is 2.25. The van der Waals surface area contributed by atoms with E-state index in [2.05, 4.69) is 12.2 Å². The molecule has 0 saturated carbocycles. The Labute approximate surface area is 98.0 Å². The molecule has 4 heteroatoms. The summed E-state index contributed by atoms with van der Waals surface area (Å²) >= 11 is 0. The first-order chi connectivity index (χ1) is 7.69. The third-order valence-corrected chi connectivity index (χ3v) is 3.14. The summed E-state index contributed by atoms with van der Waals surface area (Å²) in [7, 11) is 0. The molecule has 2 atom stereocenters. The molecule has 1 aliphatic heterocycles. The number of aliphatic hydroxyl groups is 1. The highest BCUT2D eigenvalue weighted by Crippen LogP contribution is 2.14. The van der Waals surface area contributed by atoms with Gasteiger partial charge in [-0.2, -0.15) is 0 Å². The fourth-order valence-electron chi connectivity index (χ4n) is 2.25. The van der Waals surface area contributed by atoms with Crippen LogP contribution in [0.4, 0.5) is 0 Å². The number of amides is 1. The van der Waals surface area contributed by atoms with Crippen LogP contribution in [0, 0.1) is 5.92 Å². The monoisotopic (exact) mass is 228 g/mol. The van der Waals surface area contributed by atoms with Crippen molar-refractivity contribution in [1.29, 1.82) is 0 Å². The van der Waals surface area contributed by atoms with Gasteiger partial charge in [0.25, 0.3) is 0 Å². The predicted octanol–water partition coefficient (Wildman–Crippen LogP) is 0.605. The van der Waals surface area contributed by atoms with E-state index >= 15 is 0 Å². The largest absolute Gasteiger partial charge is 0.396 e. The van der Waals surface area contributed by atoms with Crippen LogP contribution < -0.4 is 5.32 Å². The molecule has 1 amide bonds. The first-order valence-corrected chi connectivity index (χ1v) is 6.32. The second-order valence-corrected chi connectivity index (χ2v) is 4.65. The molecule has 0 radical (unpaired) electrons. The summed E-state index contributed by atoms with van der Waals surface area (Å²) in [5, 5.41) is 12.1. The standard InChI is InChI=1S/C12H24N2O2/c1-3-13-11-5-4-7-14(12(11)16)9-10(2)6-8-15/h10-11,13,15H,3-9H2,1-2H3. The molecular formula is C12H24N2O2. The summed E-state index contributed by atoms with van der Waals surface area (Å²) in [5.74, 6) is 0.618. The van der Waals surface area contributed by atoms with E-state index in [1.807, 2.05) is 11.8 Å². The van der Waals surface area contributed by atoms with Gasteiger partial charge in [0.2, 0.25) is 5.91 Å². The first-order valence-electron chi connectivity index (χ1n) is 6.32. The summed E-state index contributed by atoms with van der Waals surface area (Å²) in [6, 6.07) is 0.0140. The lowest BCUT2D eigenvalue weighted by Crippen LogP contribution is -2.51. The lowest BCUT2D eigenvalue weighted by Gasteiger charge is -2.34. The van der Waals surface area contributed by atoms with Crippen LogP contribution in [0.25, 0.3) is 0 Å². The van der Waals surface area contributed by atoms with Crippen molar-refractivity contribution in [2.24, 2.45) is 5.92 Å². The third-order valence-electron chi connectivity index (χ3n) is 3.14. The van der Waals surface area contributed by atoms with Gasteiger partial charge in [0.1, 0.15) is 0 Å². The first kappa shape index (κ1) is 13.5. The van der Waals surface area contributed by atoms with E-state index in [0.717, 1.165) is 38.9 Å². The molecule has 0 aromatic carbocycles. The van der Waals surface area contributed by atoms with Crippen LogP contribution in [-0.4, -0.2) is 48.2 Å². The maximum Gasteiger partial charge on any atom is 0.239 e. The normalized spacial score (nSPS) is 23.6. The molecule has 94 valence electrons. The average molecular weight is 228 g/mol. The lowest BCUT2D eigenvalue weighted by atomic mass is 10.0. The number of hydrogen-bond acceptors (Lipinski definition) is 3. The fraction of sp³-hybridized carbons (Fsp3) is 0.917. The summed E-state index contributed by atoms with van der Waals surface area (Å²) in [4.78, 5) is 14.0. The Kier molecular flexibility index (Phi) is 5.77. The molecule has 0 aliphatic carbocycles. The molecule has 0 aromatic heterocycles. The van der Waals surface area contributed by atoms with Crippen molar-refractivity contribution in [1.82, 2.24) is 10.2 Å². The van der Waals surface area contributed by atoms with Gasteiger partial charge < -0.3 is 15.3 Å². The number of likely N-dealkylation sites (tertiary alicyclic amines) is 1. The van der Waals surface area contributed by atoms with Gasteiger partial charge >= 0.3 is 0 Å². The molecular weight excluding hydrogens is 204 g/mol. The van der Waals surface area contributed by atoms with E-state index in [4.69, 9.17) is 5.11 Å². The number of hydrogen-bond donors (Lipinski definition) is 2. The number of carbonyl (C=O) groups excluding carboxylic acids is 1. The van der Waals surface area contributed by atoms with Crippen molar-refractivity contribution in [3.63, 3.8) is 0 Å². The van der Waals surface area contributed by atoms with Crippen molar-refractivity contribution >= 4 is 5.91 Å². The van der Waals surface area contributed by atoms with Gasteiger partial charge in [-0.05, 0) is 31.7 Å². The van der Waals surface area contributed by atoms with Crippen LogP contribution in [0.2, 0.25) is 0 Å². The zero-order valence-corrected chi connectivity index (χ0v) is 10.4. The number of rotatable bonds is 6. The van der Waals surface area contributed by atoms with Crippen LogP contribution in [-0.2, 0) is 4.79 Å². The number of aliphatic hydroxyl groups excluding tert-OH is 1. The molecule has 1 fully saturated rings. The van der Waals surface area contributed by atoms with Gasteiger partial charge in [-0.15, -0.1) is 0 Å². The second-order valence-electron chi connectivity index (χ2n) is 4.65. The molecule has 1 saturated heterocycles. The van der Waals surface area contributed by atoms with Gasteiger partial charge in [-0.25, -0.2) is 0 Å². The minimum Gasteiger partial charge on any atom is -0.396 e. The van der Waals surface area contributed by atoms with Crippen LogP contribution in [0.15, 0.2) is 0 Å². The van der Waals surface area contributed by atoms with Crippen LogP contribution in [0.3, 0.4) is 0 Å². The van der Waals surface area contributed by atoms with Crippen molar-refractivity contribution in [2.75, 3.05) is 26.2 Å². The molecule has 1 rings (SSSR count). The topological polar surface area (TPSA) is 52.6 Å². The molecule has 0 bridgehead atoms. The number of nitrogens with zero attached hydrogens (tertiary/aromatic N) is 1. The van der Waals surface area contributed by atoms with E-state index in [0.29, 0.717) is 5.92 Å².